The Balaban J connectivity index is 1.66. The van der Waals surface area contributed by atoms with Crippen LogP contribution in [0, 0.1) is 17.8 Å². The van der Waals surface area contributed by atoms with E-state index in [1.54, 1.807) is 7.11 Å². The maximum Gasteiger partial charge on any atom is 0.254 e. The Morgan fingerprint density at radius 2 is 1.92 bits per heavy atom. The predicted octanol–water partition coefficient (Wildman–Crippen LogP) is 3.24. The van der Waals surface area contributed by atoms with Gasteiger partial charge in [-0.05, 0) is 62.6 Å². The van der Waals surface area contributed by atoms with Crippen molar-refractivity contribution in [2.24, 2.45) is 17.8 Å². The van der Waals surface area contributed by atoms with Gasteiger partial charge in [0.15, 0.2) is 0 Å². The number of carbonyl (C=O) groups excluding carboxylic acids is 2. The zero-order valence-electron chi connectivity index (χ0n) is 23.5. The van der Waals surface area contributed by atoms with E-state index < -0.39 is 0 Å². The number of amides is 2. The minimum absolute atomic E-state index is 0.0221. The highest BCUT2D eigenvalue weighted by Crippen LogP contribution is 2.26. The smallest absolute Gasteiger partial charge is 0.254 e. The van der Waals surface area contributed by atoms with E-state index in [2.05, 4.69) is 26.1 Å². The molecule has 2 aliphatic heterocycles. The van der Waals surface area contributed by atoms with E-state index in [9.17, 15) is 9.59 Å². The van der Waals surface area contributed by atoms with E-state index in [1.807, 2.05) is 35.0 Å². The maximum atomic E-state index is 13.7. The van der Waals surface area contributed by atoms with Crippen LogP contribution < -0.4 is 10.1 Å². The van der Waals surface area contributed by atoms with Crippen molar-refractivity contribution in [2.45, 2.75) is 52.5 Å². The molecular formula is C29H47N3O5. The number of ether oxygens (including phenoxy) is 3. The number of hydrogen-bond donors (Lipinski definition) is 1. The van der Waals surface area contributed by atoms with Crippen molar-refractivity contribution in [3.63, 3.8) is 0 Å². The van der Waals surface area contributed by atoms with Gasteiger partial charge in [-0.15, -0.1) is 0 Å². The molecule has 0 bridgehead atoms. The number of methoxy groups -OCH3 is 1. The lowest BCUT2D eigenvalue weighted by molar-refractivity contribution is -0.139. The van der Waals surface area contributed by atoms with Crippen LogP contribution in [0.4, 0.5) is 0 Å². The summed E-state index contributed by atoms with van der Waals surface area (Å²) in [5.74, 6) is 1.53. The summed E-state index contributed by atoms with van der Waals surface area (Å²) < 4.78 is 16.7. The van der Waals surface area contributed by atoms with Crippen LogP contribution in [0.25, 0.3) is 0 Å². The molecule has 8 heteroatoms. The number of nitrogens with one attached hydrogen (secondary N) is 1. The average molecular weight is 518 g/mol. The van der Waals surface area contributed by atoms with Gasteiger partial charge in [-0.1, -0.05) is 13.0 Å². The van der Waals surface area contributed by atoms with Crippen LogP contribution in [-0.4, -0.2) is 94.4 Å². The van der Waals surface area contributed by atoms with E-state index in [0.717, 1.165) is 56.7 Å². The largest absolute Gasteiger partial charge is 0.493 e. The van der Waals surface area contributed by atoms with Gasteiger partial charge in [0.2, 0.25) is 5.91 Å². The van der Waals surface area contributed by atoms with Crippen molar-refractivity contribution in [1.82, 2.24) is 15.1 Å². The molecule has 208 valence electrons. The Kier molecular flexibility index (Phi) is 11.7. The molecule has 0 aromatic heterocycles. The second kappa shape index (κ2) is 14.7. The zero-order chi connectivity index (χ0) is 26.8. The first-order valence-electron chi connectivity index (χ1n) is 13.9. The zero-order valence-corrected chi connectivity index (χ0v) is 23.5. The second-order valence-corrected chi connectivity index (χ2v) is 10.7. The lowest BCUT2D eigenvalue weighted by Gasteiger charge is -2.34. The summed E-state index contributed by atoms with van der Waals surface area (Å²) in [5, 5.41) is 3.50. The van der Waals surface area contributed by atoms with Gasteiger partial charge < -0.3 is 29.3 Å². The Morgan fingerprint density at radius 1 is 1.16 bits per heavy atom. The molecule has 37 heavy (non-hydrogen) atoms. The van der Waals surface area contributed by atoms with E-state index in [0.29, 0.717) is 44.4 Å². The SMILES string of the molecule is CCc1ccc(C(=O)N(C[C@@H]2CNC[C@H]2CN(C)C(=O)[C@H]2CCCOC2)C(C)C)cc1OCCCOC. The normalized spacial score (nSPS) is 21.7. The van der Waals surface area contributed by atoms with Crippen molar-refractivity contribution in [2.75, 3.05) is 66.8 Å². The van der Waals surface area contributed by atoms with Gasteiger partial charge >= 0.3 is 0 Å². The summed E-state index contributed by atoms with van der Waals surface area (Å²) >= 11 is 0. The lowest BCUT2D eigenvalue weighted by atomic mass is 9.93. The van der Waals surface area contributed by atoms with Gasteiger partial charge in [-0.25, -0.2) is 0 Å². The van der Waals surface area contributed by atoms with Gasteiger partial charge in [0, 0.05) is 71.6 Å². The van der Waals surface area contributed by atoms with Crippen LogP contribution in [-0.2, 0) is 20.7 Å². The summed E-state index contributed by atoms with van der Waals surface area (Å²) in [7, 11) is 3.59. The molecule has 8 nitrogen and oxygen atoms in total. The monoisotopic (exact) mass is 517 g/mol. The highest BCUT2D eigenvalue weighted by molar-refractivity contribution is 5.95. The van der Waals surface area contributed by atoms with Crippen molar-refractivity contribution in [3.8, 4) is 5.75 Å². The number of rotatable bonds is 13. The fraction of sp³-hybridized carbons (Fsp3) is 0.724. The molecule has 0 saturated carbocycles. The second-order valence-electron chi connectivity index (χ2n) is 10.7. The summed E-state index contributed by atoms with van der Waals surface area (Å²) in [6.45, 7) is 11.8. The van der Waals surface area contributed by atoms with Crippen molar-refractivity contribution in [3.05, 3.63) is 29.3 Å². The number of hydrogen-bond acceptors (Lipinski definition) is 6. The minimum Gasteiger partial charge on any atom is -0.493 e. The molecule has 0 spiro atoms. The Bertz CT molecular complexity index is 871. The number of carbonyl (C=O) groups is 2. The van der Waals surface area contributed by atoms with Crippen molar-refractivity contribution >= 4 is 11.8 Å². The molecule has 0 aliphatic carbocycles. The average Bonchev–Trinajstić information content (AvgIpc) is 3.35. The lowest BCUT2D eigenvalue weighted by Crippen LogP contribution is -2.45. The molecule has 2 heterocycles. The minimum atomic E-state index is -0.0303. The van der Waals surface area contributed by atoms with Gasteiger partial charge in [-0.2, -0.15) is 0 Å². The summed E-state index contributed by atoms with van der Waals surface area (Å²) in [6, 6.07) is 5.88. The van der Waals surface area contributed by atoms with E-state index >= 15 is 0 Å². The molecular weight excluding hydrogens is 470 g/mol. The fourth-order valence-electron chi connectivity index (χ4n) is 5.35. The molecule has 3 rings (SSSR count). The molecule has 2 saturated heterocycles. The topological polar surface area (TPSA) is 80.3 Å². The first-order valence-corrected chi connectivity index (χ1v) is 13.9. The third-order valence-corrected chi connectivity index (χ3v) is 7.63. The quantitative estimate of drug-likeness (QED) is 0.405. The van der Waals surface area contributed by atoms with Gasteiger partial charge in [0.1, 0.15) is 5.75 Å². The van der Waals surface area contributed by atoms with Crippen LogP contribution in [0.3, 0.4) is 0 Å². The van der Waals surface area contributed by atoms with Crippen LogP contribution in [0.2, 0.25) is 0 Å². The van der Waals surface area contributed by atoms with Crippen molar-refractivity contribution < 1.29 is 23.8 Å². The van der Waals surface area contributed by atoms with E-state index in [4.69, 9.17) is 14.2 Å². The predicted molar refractivity (Wildman–Crippen MR) is 145 cm³/mol. The Morgan fingerprint density at radius 3 is 2.57 bits per heavy atom. The van der Waals surface area contributed by atoms with E-state index in [1.165, 1.54) is 0 Å². The van der Waals surface area contributed by atoms with Crippen LogP contribution in [0.5, 0.6) is 5.75 Å². The summed E-state index contributed by atoms with van der Waals surface area (Å²) in [5.41, 5.74) is 1.75. The molecule has 1 N–H and O–H groups in total. The molecule has 3 atom stereocenters. The molecule has 1 aromatic carbocycles. The van der Waals surface area contributed by atoms with Gasteiger partial charge in [0.25, 0.3) is 5.91 Å². The van der Waals surface area contributed by atoms with Crippen LogP contribution in [0.1, 0.15) is 56.0 Å². The first-order chi connectivity index (χ1) is 17.8. The molecule has 2 fully saturated rings. The van der Waals surface area contributed by atoms with Crippen LogP contribution >= 0.6 is 0 Å². The molecule has 0 radical (unpaired) electrons. The molecule has 2 amide bonds. The number of benzene rings is 1. The maximum absolute atomic E-state index is 13.7. The van der Waals surface area contributed by atoms with Crippen molar-refractivity contribution in [1.29, 1.82) is 0 Å². The molecule has 1 aromatic rings. The fourth-order valence-corrected chi connectivity index (χ4v) is 5.35. The number of aryl methyl sites for hydroxylation is 1. The van der Waals surface area contributed by atoms with E-state index in [-0.39, 0.29) is 29.7 Å². The third kappa shape index (κ3) is 8.16. The van der Waals surface area contributed by atoms with Gasteiger partial charge in [0.05, 0.1) is 19.1 Å². The highest BCUT2D eigenvalue weighted by atomic mass is 16.5. The molecule has 2 aliphatic rings. The first kappa shape index (κ1) is 29.4. The standard InChI is InChI=1S/C29H47N3O5/c1-6-22-10-11-23(15-27(22)37-14-8-12-35-5)29(34)32(21(2)3)19-26-17-30-16-25(26)18-31(4)28(33)24-9-7-13-36-20-24/h10-11,15,21,24-26,30H,6-9,12-14,16-20H2,1-5H3/t24-,25-,26-/m0/s1. The molecule has 0 unspecified atom stereocenters. The third-order valence-electron chi connectivity index (χ3n) is 7.63. The Hall–Kier alpha value is -2.16. The highest BCUT2D eigenvalue weighted by Gasteiger charge is 2.34. The van der Waals surface area contributed by atoms with Gasteiger partial charge in [-0.3, -0.25) is 9.59 Å². The summed E-state index contributed by atoms with van der Waals surface area (Å²) in [6.07, 6.45) is 3.50. The Labute approximate surface area is 223 Å². The van der Waals surface area contributed by atoms with Crippen LogP contribution in [0.15, 0.2) is 18.2 Å². The number of nitrogens with zero attached hydrogens (tertiary/aromatic N) is 2. The summed E-state index contributed by atoms with van der Waals surface area (Å²) in [4.78, 5) is 30.5.